The largest absolute Gasteiger partial charge is 0.480 e. The average Bonchev–Trinajstić information content (AvgIpc) is 2.55. The lowest BCUT2D eigenvalue weighted by Crippen LogP contribution is -2.47. The summed E-state index contributed by atoms with van der Waals surface area (Å²) >= 11 is 5.99. The number of hydrogen-bond donors (Lipinski definition) is 1. The van der Waals surface area contributed by atoms with Crippen LogP contribution in [0.2, 0.25) is 5.02 Å². The van der Waals surface area contributed by atoms with E-state index in [1.165, 1.54) is 5.56 Å². The highest BCUT2D eigenvalue weighted by atomic mass is 35.5. The smallest absolute Gasteiger partial charge is 0.317 e. The van der Waals surface area contributed by atoms with E-state index in [4.69, 9.17) is 16.7 Å². The Kier molecular flexibility index (Phi) is 9.06. The molecule has 1 atom stereocenters. The normalized spacial score (nSPS) is 17.5. The van der Waals surface area contributed by atoms with Gasteiger partial charge in [0, 0.05) is 30.2 Å². The summed E-state index contributed by atoms with van der Waals surface area (Å²) < 4.78 is 0. The minimum atomic E-state index is -0.734. The molecule has 0 aromatic heterocycles. The zero-order chi connectivity index (χ0) is 16.8. The van der Waals surface area contributed by atoms with Crippen molar-refractivity contribution in [1.82, 2.24) is 9.80 Å². The third-order valence-electron chi connectivity index (χ3n) is 4.84. The van der Waals surface area contributed by atoms with Crippen molar-refractivity contribution >= 4 is 30.0 Å². The Bertz CT molecular complexity index is 502. The number of aliphatic carboxylic acids is 1. The van der Waals surface area contributed by atoms with Gasteiger partial charge in [-0.1, -0.05) is 37.6 Å². The van der Waals surface area contributed by atoms with Crippen molar-refractivity contribution < 1.29 is 9.90 Å². The second kappa shape index (κ2) is 10.2. The lowest BCUT2D eigenvalue weighted by molar-refractivity contribution is -0.139. The molecule has 1 unspecified atom stereocenters. The van der Waals surface area contributed by atoms with Crippen LogP contribution in [-0.2, 0) is 4.79 Å². The molecule has 0 aliphatic carbocycles. The molecule has 1 aliphatic heterocycles. The van der Waals surface area contributed by atoms with Crippen LogP contribution in [0.3, 0.4) is 0 Å². The van der Waals surface area contributed by atoms with Crippen LogP contribution in [0.1, 0.15) is 44.7 Å². The Balaban J connectivity index is 0.00000288. The van der Waals surface area contributed by atoms with Gasteiger partial charge < -0.3 is 5.11 Å². The van der Waals surface area contributed by atoms with Crippen LogP contribution in [-0.4, -0.2) is 53.1 Å². The van der Waals surface area contributed by atoms with Gasteiger partial charge in [-0.3, -0.25) is 14.6 Å². The molecule has 1 aliphatic rings. The standard InChI is InChI=1S/C18H27ClN2O2.ClH/c1-3-17(14-5-7-15(19)8-6-14)21-11-9-16(10-12-21)20(4-2)13-18(22)23;/h5-8,16-17H,3-4,9-13H2,1-2H3,(H,22,23);1H. The minimum absolute atomic E-state index is 0. The van der Waals surface area contributed by atoms with Gasteiger partial charge in [0.05, 0.1) is 6.54 Å². The van der Waals surface area contributed by atoms with Crippen LogP contribution >= 0.6 is 24.0 Å². The fraction of sp³-hybridized carbons (Fsp3) is 0.611. The molecule has 2 rings (SSSR count). The molecule has 0 saturated carbocycles. The lowest BCUT2D eigenvalue weighted by Gasteiger charge is -2.41. The molecule has 1 aromatic rings. The molecule has 1 heterocycles. The summed E-state index contributed by atoms with van der Waals surface area (Å²) in [7, 11) is 0. The maximum Gasteiger partial charge on any atom is 0.317 e. The first-order chi connectivity index (χ1) is 11.0. The third kappa shape index (κ3) is 5.62. The van der Waals surface area contributed by atoms with Gasteiger partial charge in [0.25, 0.3) is 0 Å². The average molecular weight is 375 g/mol. The van der Waals surface area contributed by atoms with Crippen molar-refractivity contribution in [2.75, 3.05) is 26.2 Å². The number of nitrogens with zero attached hydrogens (tertiary/aromatic N) is 2. The first-order valence-electron chi connectivity index (χ1n) is 8.50. The van der Waals surface area contributed by atoms with E-state index >= 15 is 0 Å². The Labute approximate surface area is 156 Å². The zero-order valence-electron chi connectivity index (χ0n) is 14.4. The van der Waals surface area contributed by atoms with Gasteiger partial charge in [0.1, 0.15) is 0 Å². The third-order valence-corrected chi connectivity index (χ3v) is 5.09. The molecular formula is C18H28Cl2N2O2. The Morgan fingerprint density at radius 1 is 1.29 bits per heavy atom. The van der Waals surface area contributed by atoms with E-state index in [-0.39, 0.29) is 19.0 Å². The van der Waals surface area contributed by atoms with Crippen molar-refractivity contribution in [2.45, 2.75) is 45.2 Å². The molecule has 0 spiro atoms. The van der Waals surface area contributed by atoms with Gasteiger partial charge in [0.15, 0.2) is 0 Å². The summed E-state index contributed by atoms with van der Waals surface area (Å²) in [6, 6.07) is 8.95. The lowest BCUT2D eigenvalue weighted by atomic mass is 9.97. The number of carboxylic acid groups (broad SMARTS) is 1. The maximum atomic E-state index is 11.0. The molecule has 4 nitrogen and oxygen atoms in total. The van der Waals surface area contributed by atoms with Crippen molar-refractivity contribution in [3.8, 4) is 0 Å². The van der Waals surface area contributed by atoms with Crippen molar-refractivity contribution in [2.24, 2.45) is 0 Å². The fourth-order valence-corrected chi connectivity index (χ4v) is 3.75. The number of hydrogen-bond acceptors (Lipinski definition) is 3. The monoisotopic (exact) mass is 374 g/mol. The summed E-state index contributed by atoms with van der Waals surface area (Å²) in [6.07, 6.45) is 3.13. The number of likely N-dealkylation sites (N-methyl/N-ethyl adjacent to an activating group) is 1. The fourth-order valence-electron chi connectivity index (χ4n) is 3.63. The molecule has 0 bridgehead atoms. The van der Waals surface area contributed by atoms with Crippen molar-refractivity contribution in [3.63, 3.8) is 0 Å². The molecule has 1 aromatic carbocycles. The Morgan fingerprint density at radius 3 is 2.33 bits per heavy atom. The van der Waals surface area contributed by atoms with Crippen LogP contribution in [0.5, 0.6) is 0 Å². The summed E-state index contributed by atoms with van der Waals surface area (Å²) in [6.45, 7) is 7.23. The molecule has 1 fully saturated rings. The first-order valence-corrected chi connectivity index (χ1v) is 8.88. The number of halogens is 2. The van der Waals surface area contributed by atoms with Crippen LogP contribution in [0.4, 0.5) is 0 Å². The van der Waals surface area contributed by atoms with Crippen molar-refractivity contribution in [1.29, 1.82) is 0 Å². The topological polar surface area (TPSA) is 43.8 Å². The molecule has 6 heteroatoms. The highest BCUT2D eigenvalue weighted by molar-refractivity contribution is 6.30. The summed E-state index contributed by atoms with van der Waals surface area (Å²) in [5, 5.41) is 9.80. The van der Waals surface area contributed by atoms with E-state index < -0.39 is 5.97 Å². The summed E-state index contributed by atoms with van der Waals surface area (Å²) in [5.41, 5.74) is 1.31. The van der Waals surface area contributed by atoms with E-state index in [9.17, 15) is 4.79 Å². The minimum Gasteiger partial charge on any atom is -0.480 e. The Hall–Kier alpha value is -0.810. The SMILES string of the molecule is CCC(c1ccc(Cl)cc1)N1CCC(N(CC)CC(=O)O)CC1.Cl. The van der Waals surface area contributed by atoms with Crippen LogP contribution in [0.25, 0.3) is 0 Å². The second-order valence-corrected chi connectivity index (χ2v) is 6.64. The number of carbonyl (C=O) groups is 1. The molecular weight excluding hydrogens is 347 g/mol. The quantitative estimate of drug-likeness (QED) is 0.780. The number of benzene rings is 1. The van der Waals surface area contributed by atoms with Gasteiger partial charge in [-0.25, -0.2) is 0 Å². The number of piperidine rings is 1. The number of carboxylic acids is 1. The highest BCUT2D eigenvalue weighted by Crippen LogP contribution is 2.29. The molecule has 136 valence electrons. The van der Waals surface area contributed by atoms with Gasteiger partial charge >= 0.3 is 5.97 Å². The van der Waals surface area contributed by atoms with Crippen LogP contribution < -0.4 is 0 Å². The van der Waals surface area contributed by atoms with E-state index in [1.807, 2.05) is 19.1 Å². The zero-order valence-corrected chi connectivity index (χ0v) is 16.0. The molecule has 0 radical (unpaired) electrons. The first kappa shape index (κ1) is 21.2. The maximum absolute atomic E-state index is 11.0. The van der Waals surface area contributed by atoms with Gasteiger partial charge in [-0.05, 0) is 43.5 Å². The van der Waals surface area contributed by atoms with Gasteiger partial charge in [0.2, 0.25) is 0 Å². The van der Waals surface area contributed by atoms with Crippen molar-refractivity contribution in [3.05, 3.63) is 34.9 Å². The highest BCUT2D eigenvalue weighted by Gasteiger charge is 2.28. The van der Waals surface area contributed by atoms with Gasteiger partial charge in [-0.2, -0.15) is 0 Å². The summed E-state index contributed by atoms with van der Waals surface area (Å²) in [5.74, 6) is -0.734. The van der Waals surface area contributed by atoms with E-state index in [2.05, 4.69) is 28.9 Å². The number of likely N-dealkylation sites (tertiary alicyclic amines) is 1. The molecule has 1 N–H and O–H groups in total. The van der Waals surface area contributed by atoms with Gasteiger partial charge in [-0.15, -0.1) is 12.4 Å². The molecule has 24 heavy (non-hydrogen) atoms. The van der Waals surface area contributed by atoms with Crippen LogP contribution in [0, 0.1) is 0 Å². The van der Waals surface area contributed by atoms with E-state index in [0.29, 0.717) is 12.1 Å². The van der Waals surface area contributed by atoms with E-state index in [0.717, 1.165) is 43.9 Å². The number of rotatable bonds is 7. The van der Waals surface area contributed by atoms with E-state index in [1.54, 1.807) is 0 Å². The Morgan fingerprint density at radius 2 is 1.88 bits per heavy atom. The second-order valence-electron chi connectivity index (χ2n) is 6.20. The van der Waals surface area contributed by atoms with Crippen LogP contribution in [0.15, 0.2) is 24.3 Å². The predicted molar refractivity (Wildman–Crippen MR) is 101 cm³/mol. The molecule has 0 amide bonds. The molecule has 1 saturated heterocycles. The predicted octanol–water partition coefficient (Wildman–Crippen LogP) is 4.08. The summed E-state index contributed by atoms with van der Waals surface area (Å²) in [4.78, 5) is 15.6.